The van der Waals surface area contributed by atoms with E-state index in [4.69, 9.17) is 14.2 Å². The van der Waals surface area contributed by atoms with E-state index in [1.54, 1.807) is 20.3 Å². The first-order valence-corrected chi connectivity index (χ1v) is 11.1. The Hall–Kier alpha value is -1.71. The number of rotatable bonds is 2. The Bertz CT molecular complexity index is 597. The van der Waals surface area contributed by atoms with Gasteiger partial charge in [-0.2, -0.15) is 0 Å². The van der Waals surface area contributed by atoms with Gasteiger partial charge in [-0.1, -0.05) is 57.8 Å². The second-order valence-corrected chi connectivity index (χ2v) is 8.01. The van der Waals surface area contributed by atoms with E-state index in [-0.39, 0.29) is 12.1 Å². The average molecular weight is 391 g/mol. The number of carbonyl (C=O) groups is 1. The van der Waals surface area contributed by atoms with E-state index in [1.165, 1.54) is 57.8 Å². The number of methoxy groups -OCH3 is 2. The van der Waals surface area contributed by atoms with Gasteiger partial charge in [-0.05, 0) is 44.2 Å². The van der Waals surface area contributed by atoms with E-state index in [2.05, 4.69) is 0 Å². The number of hydrogen-bond donors (Lipinski definition) is 0. The Balaban J connectivity index is 2.16. The highest BCUT2D eigenvalue weighted by Crippen LogP contribution is 2.31. The molecule has 1 unspecified atom stereocenters. The maximum Gasteiger partial charge on any atom is 0.342 e. The van der Waals surface area contributed by atoms with E-state index in [0.717, 1.165) is 37.0 Å². The van der Waals surface area contributed by atoms with E-state index < -0.39 is 0 Å². The number of esters is 1. The van der Waals surface area contributed by atoms with E-state index in [9.17, 15) is 4.79 Å². The van der Waals surface area contributed by atoms with Gasteiger partial charge in [0.05, 0.1) is 20.3 Å². The van der Waals surface area contributed by atoms with Crippen LogP contribution < -0.4 is 9.47 Å². The Morgan fingerprint density at radius 2 is 1.39 bits per heavy atom. The monoisotopic (exact) mass is 390 g/mol. The summed E-state index contributed by atoms with van der Waals surface area (Å²) < 4.78 is 16.7. The maximum absolute atomic E-state index is 12.9. The lowest BCUT2D eigenvalue weighted by molar-refractivity contribution is 0.0314. The summed E-state index contributed by atoms with van der Waals surface area (Å²) in [5.74, 6) is 0.989. The highest BCUT2D eigenvalue weighted by molar-refractivity contribution is 5.94. The molecule has 0 bridgehead atoms. The number of aryl methyl sites for hydroxylation is 1. The molecule has 0 fully saturated rings. The van der Waals surface area contributed by atoms with Crippen molar-refractivity contribution in [2.24, 2.45) is 0 Å². The van der Waals surface area contributed by atoms with Gasteiger partial charge in [-0.15, -0.1) is 0 Å². The van der Waals surface area contributed by atoms with Crippen LogP contribution in [0.3, 0.4) is 0 Å². The van der Waals surface area contributed by atoms with Crippen LogP contribution in [0.2, 0.25) is 0 Å². The van der Waals surface area contributed by atoms with Crippen LogP contribution >= 0.6 is 0 Å². The van der Waals surface area contributed by atoms with Crippen LogP contribution in [-0.2, 0) is 11.2 Å². The highest BCUT2D eigenvalue weighted by Gasteiger charge is 2.22. The minimum atomic E-state index is -0.275. The summed E-state index contributed by atoms with van der Waals surface area (Å²) in [6.07, 6.45) is 15.5. The summed E-state index contributed by atoms with van der Waals surface area (Å²) >= 11 is 0. The van der Waals surface area contributed by atoms with Crippen molar-refractivity contribution in [1.82, 2.24) is 0 Å². The first-order valence-electron chi connectivity index (χ1n) is 11.1. The number of carbonyl (C=O) groups excluding carboxylic acids is 1. The van der Waals surface area contributed by atoms with Crippen LogP contribution in [0.15, 0.2) is 12.1 Å². The van der Waals surface area contributed by atoms with Gasteiger partial charge in [-0.25, -0.2) is 4.79 Å². The molecular formula is C24H38O4. The molecule has 0 radical (unpaired) electrons. The molecule has 1 aromatic carbocycles. The van der Waals surface area contributed by atoms with E-state index in [1.807, 2.05) is 13.0 Å². The molecule has 4 heteroatoms. The Kier molecular flexibility index (Phi) is 10.2. The van der Waals surface area contributed by atoms with Gasteiger partial charge in [-0.3, -0.25) is 0 Å². The Morgan fingerprint density at radius 3 is 1.96 bits per heavy atom. The largest absolute Gasteiger partial charge is 0.497 e. The van der Waals surface area contributed by atoms with E-state index in [0.29, 0.717) is 11.3 Å². The SMILES string of the molecule is COc1cc2c(c(OC)c1)C(=O)OC(C)CCCCCCCCCCCCC2. The van der Waals surface area contributed by atoms with Crippen molar-refractivity contribution >= 4 is 5.97 Å². The molecule has 2 rings (SSSR count). The minimum absolute atomic E-state index is 0.0777. The van der Waals surface area contributed by atoms with Crippen molar-refractivity contribution in [3.05, 3.63) is 23.3 Å². The summed E-state index contributed by atoms with van der Waals surface area (Å²) in [6.45, 7) is 1.99. The molecule has 1 aromatic rings. The van der Waals surface area contributed by atoms with Crippen molar-refractivity contribution in [1.29, 1.82) is 0 Å². The van der Waals surface area contributed by atoms with Crippen LogP contribution in [0, 0.1) is 0 Å². The minimum Gasteiger partial charge on any atom is -0.497 e. The van der Waals surface area contributed by atoms with Gasteiger partial charge in [0, 0.05) is 6.07 Å². The first-order chi connectivity index (χ1) is 13.7. The fourth-order valence-electron chi connectivity index (χ4n) is 3.99. The van der Waals surface area contributed by atoms with Crippen LogP contribution in [0.25, 0.3) is 0 Å². The summed E-state index contributed by atoms with van der Waals surface area (Å²) in [7, 11) is 3.24. The molecule has 1 heterocycles. The zero-order chi connectivity index (χ0) is 20.2. The smallest absolute Gasteiger partial charge is 0.342 e. The number of ether oxygens (including phenoxy) is 3. The molecule has 1 aliphatic rings. The van der Waals surface area contributed by atoms with Crippen molar-refractivity contribution in [2.45, 2.75) is 96.5 Å². The van der Waals surface area contributed by atoms with E-state index >= 15 is 0 Å². The Morgan fingerprint density at radius 1 is 0.821 bits per heavy atom. The second kappa shape index (κ2) is 12.7. The number of fused-ring (bicyclic) bond motifs is 1. The third kappa shape index (κ3) is 7.37. The first kappa shape index (κ1) is 22.6. The lowest BCUT2D eigenvalue weighted by Crippen LogP contribution is -2.17. The van der Waals surface area contributed by atoms with Gasteiger partial charge >= 0.3 is 5.97 Å². The quantitative estimate of drug-likeness (QED) is 0.542. The number of benzene rings is 1. The summed E-state index contributed by atoms with van der Waals surface area (Å²) in [4.78, 5) is 12.9. The van der Waals surface area contributed by atoms with Crippen molar-refractivity contribution in [2.75, 3.05) is 14.2 Å². The topological polar surface area (TPSA) is 44.8 Å². The lowest BCUT2D eigenvalue weighted by atomic mass is 9.98. The van der Waals surface area contributed by atoms with Gasteiger partial charge in [0.25, 0.3) is 0 Å². The summed E-state index contributed by atoms with van der Waals surface area (Å²) in [5.41, 5.74) is 1.53. The molecule has 4 nitrogen and oxygen atoms in total. The fourth-order valence-corrected chi connectivity index (χ4v) is 3.99. The maximum atomic E-state index is 12.9. The molecule has 0 N–H and O–H groups in total. The molecule has 0 saturated carbocycles. The molecule has 0 aliphatic carbocycles. The average Bonchev–Trinajstić information content (AvgIpc) is 2.69. The third-order valence-electron chi connectivity index (χ3n) is 5.68. The molecule has 0 amide bonds. The zero-order valence-corrected chi connectivity index (χ0v) is 18.1. The highest BCUT2D eigenvalue weighted by atomic mass is 16.5. The van der Waals surface area contributed by atoms with Crippen LogP contribution in [-0.4, -0.2) is 26.3 Å². The Labute approximate surface area is 170 Å². The number of cyclic esters (lactones) is 1. The van der Waals surface area contributed by atoms with Crippen LogP contribution in [0.1, 0.15) is 99.9 Å². The molecule has 0 spiro atoms. The van der Waals surface area contributed by atoms with Crippen LogP contribution in [0.4, 0.5) is 0 Å². The molecule has 0 aromatic heterocycles. The predicted octanol–water partition coefficient (Wildman–Crippen LogP) is 6.49. The normalized spacial score (nSPS) is 21.0. The molecular weight excluding hydrogens is 352 g/mol. The van der Waals surface area contributed by atoms with Crippen LogP contribution in [0.5, 0.6) is 11.5 Å². The van der Waals surface area contributed by atoms with Gasteiger partial charge < -0.3 is 14.2 Å². The van der Waals surface area contributed by atoms with Crippen molar-refractivity contribution in [3.8, 4) is 11.5 Å². The fraction of sp³-hybridized carbons (Fsp3) is 0.708. The van der Waals surface area contributed by atoms with Crippen molar-refractivity contribution in [3.63, 3.8) is 0 Å². The van der Waals surface area contributed by atoms with Gasteiger partial charge in [0.1, 0.15) is 17.1 Å². The standard InChI is InChI=1S/C24H38O4/c1-19-15-13-11-9-7-5-4-6-8-10-12-14-16-20-17-21(26-2)18-22(27-3)23(20)24(25)28-19/h17-19H,4-16H2,1-3H3. The second-order valence-electron chi connectivity index (χ2n) is 8.01. The third-order valence-corrected chi connectivity index (χ3v) is 5.68. The predicted molar refractivity (Wildman–Crippen MR) is 114 cm³/mol. The molecule has 0 saturated heterocycles. The molecule has 158 valence electrons. The molecule has 1 atom stereocenters. The summed E-state index contributed by atoms with van der Waals surface area (Å²) in [6, 6.07) is 3.73. The van der Waals surface area contributed by atoms with Gasteiger partial charge in [0.2, 0.25) is 0 Å². The lowest BCUT2D eigenvalue weighted by Gasteiger charge is -2.18. The summed E-state index contributed by atoms with van der Waals surface area (Å²) in [5, 5.41) is 0. The zero-order valence-electron chi connectivity index (χ0n) is 18.1. The number of hydrogen-bond acceptors (Lipinski definition) is 4. The van der Waals surface area contributed by atoms with Gasteiger partial charge in [0.15, 0.2) is 0 Å². The molecule has 1 aliphatic heterocycles. The molecule has 28 heavy (non-hydrogen) atoms. The van der Waals surface area contributed by atoms with Crippen molar-refractivity contribution < 1.29 is 19.0 Å².